The van der Waals surface area contributed by atoms with Crippen LogP contribution in [0.15, 0.2) is 18.5 Å². The first-order valence-corrected chi connectivity index (χ1v) is 6.29. The molecule has 0 aliphatic rings. The number of rotatable bonds is 2. The van der Waals surface area contributed by atoms with Crippen LogP contribution in [-0.4, -0.2) is 9.97 Å². The van der Waals surface area contributed by atoms with Crippen LogP contribution in [0.1, 0.15) is 30.3 Å². The lowest BCUT2D eigenvalue weighted by Crippen LogP contribution is -2.09. The topological polar surface area (TPSA) is 25.8 Å². The molecule has 2 rings (SSSR count). The van der Waals surface area contributed by atoms with Gasteiger partial charge in [0.15, 0.2) is 5.69 Å². The van der Waals surface area contributed by atoms with Crippen molar-refractivity contribution in [2.24, 2.45) is 0 Å². The van der Waals surface area contributed by atoms with Crippen molar-refractivity contribution in [1.82, 2.24) is 9.97 Å². The first-order valence-electron chi connectivity index (χ1n) is 5.48. The minimum absolute atomic E-state index is 0.128. The number of pyridine rings is 1. The Labute approximate surface area is 111 Å². The summed E-state index contributed by atoms with van der Waals surface area (Å²) >= 11 is 0.918. The quantitative estimate of drug-likeness (QED) is 0.762. The zero-order valence-electron chi connectivity index (χ0n) is 10.1. The van der Waals surface area contributed by atoms with E-state index < -0.39 is 17.7 Å². The maximum absolute atomic E-state index is 13.0. The van der Waals surface area contributed by atoms with Crippen LogP contribution < -0.4 is 0 Å². The van der Waals surface area contributed by atoms with Crippen molar-refractivity contribution in [2.75, 3.05) is 0 Å². The second kappa shape index (κ2) is 4.88. The Kier molecular flexibility index (Phi) is 3.58. The summed E-state index contributed by atoms with van der Waals surface area (Å²) in [6, 6.07) is 1.12. The van der Waals surface area contributed by atoms with E-state index >= 15 is 0 Å². The molecule has 102 valence electrons. The van der Waals surface area contributed by atoms with Crippen LogP contribution in [0.4, 0.5) is 17.6 Å². The number of hydrogen-bond acceptors (Lipinski definition) is 3. The summed E-state index contributed by atoms with van der Waals surface area (Å²) in [6.07, 6.45) is -2.22. The summed E-state index contributed by atoms with van der Waals surface area (Å²) in [5.41, 5.74) is -0.644. The molecular weight excluding hydrogens is 280 g/mol. The van der Waals surface area contributed by atoms with Crippen molar-refractivity contribution < 1.29 is 17.6 Å². The van der Waals surface area contributed by atoms with Crippen molar-refractivity contribution in [3.8, 4) is 10.6 Å². The fraction of sp³-hybridized carbons (Fsp3) is 0.333. The normalized spacial score (nSPS) is 12.2. The molecule has 0 N–H and O–H groups in total. The lowest BCUT2D eigenvalue weighted by atomic mass is 10.1. The van der Waals surface area contributed by atoms with E-state index in [2.05, 4.69) is 9.97 Å². The maximum atomic E-state index is 13.0. The summed E-state index contributed by atoms with van der Waals surface area (Å²) in [4.78, 5) is 7.36. The highest BCUT2D eigenvalue weighted by molar-refractivity contribution is 7.15. The van der Waals surface area contributed by atoms with Gasteiger partial charge in [-0.05, 0) is 12.0 Å². The van der Waals surface area contributed by atoms with E-state index in [1.165, 1.54) is 6.20 Å². The monoisotopic (exact) mass is 290 g/mol. The minimum Gasteiger partial charge on any atom is -0.261 e. The van der Waals surface area contributed by atoms with E-state index in [1.807, 2.05) is 0 Å². The predicted octanol–water partition coefficient (Wildman–Crippen LogP) is 4.49. The highest BCUT2D eigenvalue weighted by Gasteiger charge is 2.38. The van der Waals surface area contributed by atoms with Gasteiger partial charge in [-0.15, -0.1) is 11.3 Å². The third kappa shape index (κ3) is 2.91. The van der Waals surface area contributed by atoms with E-state index in [0.717, 1.165) is 23.6 Å². The Morgan fingerprint density at radius 1 is 1.21 bits per heavy atom. The molecule has 0 unspecified atom stereocenters. The summed E-state index contributed by atoms with van der Waals surface area (Å²) in [5, 5.41) is 0.128. The first-order chi connectivity index (χ1) is 8.79. The Balaban J connectivity index is 2.55. The Bertz CT molecular complexity index is 590. The minimum atomic E-state index is -4.50. The molecule has 0 spiro atoms. The molecule has 19 heavy (non-hydrogen) atoms. The molecule has 0 bridgehead atoms. The largest absolute Gasteiger partial charge is 0.434 e. The van der Waals surface area contributed by atoms with E-state index in [0.29, 0.717) is 0 Å². The molecule has 7 heteroatoms. The summed E-state index contributed by atoms with van der Waals surface area (Å²) in [6.45, 7) is 3.33. The van der Waals surface area contributed by atoms with Crippen LogP contribution in [0.3, 0.4) is 0 Å². The van der Waals surface area contributed by atoms with Crippen LogP contribution >= 0.6 is 11.3 Å². The van der Waals surface area contributed by atoms with E-state index in [-0.39, 0.29) is 21.4 Å². The van der Waals surface area contributed by atoms with Gasteiger partial charge in [-0.2, -0.15) is 13.2 Å². The van der Waals surface area contributed by atoms with Gasteiger partial charge < -0.3 is 0 Å². The molecule has 2 nitrogen and oxygen atoms in total. The lowest BCUT2D eigenvalue weighted by Gasteiger charge is -2.07. The Morgan fingerprint density at radius 3 is 2.37 bits per heavy atom. The fourth-order valence-corrected chi connectivity index (χ4v) is 2.65. The predicted molar refractivity (Wildman–Crippen MR) is 64.4 cm³/mol. The number of nitrogens with zero attached hydrogens (tertiary/aromatic N) is 2. The van der Waals surface area contributed by atoms with Crippen molar-refractivity contribution in [2.45, 2.75) is 25.9 Å². The van der Waals surface area contributed by atoms with Gasteiger partial charge in [-0.25, -0.2) is 9.37 Å². The van der Waals surface area contributed by atoms with Gasteiger partial charge in [0.2, 0.25) is 0 Å². The third-order valence-corrected chi connectivity index (χ3v) is 3.80. The molecule has 0 saturated carbocycles. The highest BCUT2D eigenvalue weighted by Crippen LogP contribution is 2.40. The van der Waals surface area contributed by atoms with Crippen LogP contribution in [0, 0.1) is 5.82 Å². The average Bonchev–Trinajstić information content (AvgIpc) is 2.73. The van der Waals surface area contributed by atoms with Gasteiger partial charge in [0, 0.05) is 16.6 Å². The summed E-state index contributed by atoms with van der Waals surface area (Å²) < 4.78 is 51.7. The molecule has 0 saturated heterocycles. The molecule has 0 radical (unpaired) electrons. The molecule has 0 aromatic carbocycles. The number of halogens is 4. The molecule has 0 aliphatic carbocycles. The Morgan fingerprint density at radius 2 is 1.89 bits per heavy atom. The van der Waals surface area contributed by atoms with Crippen molar-refractivity contribution in [1.29, 1.82) is 0 Å². The van der Waals surface area contributed by atoms with Crippen LogP contribution in [0.25, 0.3) is 10.6 Å². The number of hydrogen-bond donors (Lipinski definition) is 0. The first kappa shape index (κ1) is 13.9. The van der Waals surface area contributed by atoms with Crippen molar-refractivity contribution in [3.63, 3.8) is 0 Å². The van der Waals surface area contributed by atoms with Crippen molar-refractivity contribution in [3.05, 3.63) is 34.8 Å². The van der Waals surface area contributed by atoms with E-state index in [9.17, 15) is 17.6 Å². The maximum Gasteiger partial charge on any atom is 0.434 e. The van der Waals surface area contributed by atoms with Crippen LogP contribution in [0.2, 0.25) is 0 Å². The van der Waals surface area contributed by atoms with E-state index in [4.69, 9.17) is 0 Å². The van der Waals surface area contributed by atoms with Gasteiger partial charge in [0.1, 0.15) is 10.8 Å². The molecule has 2 heterocycles. The number of alkyl halides is 3. The highest BCUT2D eigenvalue weighted by atomic mass is 32.1. The summed E-state index contributed by atoms with van der Waals surface area (Å²) in [5.74, 6) is -0.906. The lowest BCUT2D eigenvalue weighted by molar-refractivity contribution is -0.141. The second-order valence-electron chi connectivity index (χ2n) is 4.28. The van der Waals surface area contributed by atoms with Gasteiger partial charge in [0.25, 0.3) is 0 Å². The molecular formula is C12H10F4N2S. The average molecular weight is 290 g/mol. The number of aromatic nitrogens is 2. The standard InChI is InChI=1S/C12H10F4N2S/c1-6(2)9-10(12(14,15)16)18-11(19-9)7-3-8(13)5-17-4-7/h3-6H,1-2H3. The van der Waals surface area contributed by atoms with Gasteiger partial charge in [-0.1, -0.05) is 13.8 Å². The van der Waals surface area contributed by atoms with Gasteiger partial charge in [-0.3, -0.25) is 4.98 Å². The van der Waals surface area contributed by atoms with Crippen LogP contribution in [0.5, 0.6) is 0 Å². The van der Waals surface area contributed by atoms with Gasteiger partial charge in [0.05, 0.1) is 6.20 Å². The van der Waals surface area contributed by atoms with E-state index in [1.54, 1.807) is 13.8 Å². The molecule has 2 aromatic heterocycles. The van der Waals surface area contributed by atoms with Crippen LogP contribution in [-0.2, 0) is 6.18 Å². The Hall–Kier alpha value is -1.50. The molecule has 0 amide bonds. The molecule has 0 aliphatic heterocycles. The zero-order chi connectivity index (χ0) is 14.2. The molecule has 2 aromatic rings. The zero-order valence-corrected chi connectivity index (χ0v) is 10.9. The SMILES string of the molecule is CC(C)c1sc(-c2cncc(F)c2)nc1C(F)(F)F. The van der Waals surface area contributed by atoms with Gasteiger partial charge >= 0.3 is 6.18 Å². The fourth-order valence-electron chi connectivity index (χ4n) is 1.58. The molecule has 0 atom stereocenters. The number of thiazole rings is 1. The third-order valence-electron chi connectivity index (χ3n) is 2.40. The molecule has 0 fully saturated rings. The second-order valence-corrected chi connectivity index (χ2v) is 5.31. The van der Waals surface area contributed by atoms with Crippen molar-refractivity contribution >= 4 is 11.3 Å². The summed E-state index contributed by atoms with van der Waals surface area (Å²) in [7, 11) is 0. The smallest absolute Gasteiger partial charge is 0.261 e.